The number of nitrogens with one attached hydrogen (secondary N) is 7. The molecule has 0 bridgehead atoms. The molecule has 2 amide bonds. The van der Waals surface area contributed by atoms with Gasteiger partial charge in [-0.2, -0.15) is 5.48 Å². The van der Waals surface area contributed by atoms with Gasteiger partial charge in [0.15, 0.2) is 0 Å². The van der Waals surface area contributed by atoms with Gasteiger partial charge in [-0.05, 0) is 32.2 Å². The lowest BCUT2D eigenvalue weighted by atomic mass is 9.76. The van der Waals surface area contributed by atoms with Crippen LogP contribution in [0.4, 0.5) is 0 Å². The van der Waals surface area contributed by atoms with Crippen LogP contribution in [0.3, 0.4) is 0 Å². The fourth-order valence-corrected chi connectivity index (χ4v) is 5.21. The summed E-state index contributed by atoms with van der Waals surface area (Å²) < 4.78 is 0. The minimum Gasteiger partial charge on any atom is -0.356 e. The number of rotatable bonds is 9. The number of fused-ring (bicyclic) bond motifs is 1. The molecule has 7 unspecified atom stereocenters. The Hall–Kier alpha value is -1.38. The van der Waals surface area contributed by atoms with Gasteiger partial charge in [0.25, 0.3) is 0 Å². The molecule has 12 nitrogen and oxygen atoms in total. The minimum absolute atomic E-state index is 0.0215. The quantitative estimate of drug-likeness (QED) is 0.180. The number of carbonyl (C=O) groups excluding carboxylic acids is 2. The number of amides is 2. The summed E-state index contributed by atoms with van der Waals surface area (Å²) in [5.74, 6) is 0.787. The van der Waals surface area contributed by atoms with Crippen molar-refractivity contribution >= 4 is 11.8 Å². The van der Waals surface area contributed by atoms with Crippen molar-refractivity contribution in [2.24, 2.45) is 23.5 Å². The van der Waals surface area contributed by atoms with E-state index in [1.54, 1.807) is 0 Å². The molecular formula is C20H39N9O3. The Kier molecular flexibility index (Phi) is 8.29. The van der Waals surface area contributed by atoms with Gasteiger partial charge in [0.1, 0.15) is 6.23 Å². The third-order valence-corrected chi connectivity index (χ3v) is 7.20. The molecule has 3 heterocycles. The number of hydrazine groups is 2. The Bertz CT molecular complexity index is 654. The molecule has 1 aliphatic carbocycles. The highest BCUT2D eigenvalue weighted by Crippen LogP contribution is 2.33. The van der Waals surface area contributed by atoms with Crippen LogP contribution in [0.2, 0.25) is 0 Å². The van der Waals surface area contributed by atoms with E-state index in [0.717, 1.165) is 38.8 Å². The van der Waals surface area contributed by atoms with Crippen molar-refractivity contribution in [2.45, 2.75) is 69.7 Å². The zero-order valence-electron chi connectivity index (χ0n) is 18.9. The van der Waals surface area contributed by atoms with Gasteiger partial charge < -0.3 is 16.4 Å². The van der Waals surface area contributed by atoms with E-state index in [4.69, 9.17) is 10.6 Å². The molecule has 4 aliphatic rings. The Balaban J connectivity index is 1.06. The maximum Gasteiger partial charge on any atom is 0.237 e. The fourth-order valence-electron chi connectivity index (χ4n) is 5.21. The normalized spacial score (nSPS) is 37.8. The first kappa shape index (κ1) is 23.8. The molecule has 182 valence electrons. The number of nitrogens with zero attached hydrogens (tertiary/aromatic N) is 1. The molecule has 4 rings (SSSR count). The zero-order valence-corrected chi connectivity index (χ0v) is 18.9. The maximum absolute atomic E-state index is 12.2. The molecule has 7 atom stereocenters. The zero-order chi connectivity index (χ0) is 22.5. The molecule has 0 aromatic rings. The first-order valence-electron chi connectivity index (χ1n) is 12.0. The van der Waals surface area contributed by atoms with Gasteiger partial charge in [0.2, 0.25) is 11.8 Å². The average Bonchev–Trinajstić information content (AvgIpc) is 3.40. The topological polar surface area (TPSA) is 157 Å². The van der Waals surface area contributed by atoms with E-state index in [1.165, 1.54) is 6.42 Å². The Labute approximate surface area is 189 Å². The molecule has 32 heavy (non-hydrogen) atoms. The van der Waals surface area contributed by atoms with Crippen LogP contribution in [-0.2, 0) is 14.4 Å². The van der Waals surface area contributed by atoms with Crippen LogP contribution in [0.25, 0.3) is 0 Å². The van der Waals surface area contributed by atoms with Crippen molar-refractivity contribution in [3.05, 3.63) is 0 Å². The summed E-state index contributed by atoms with van der Waals surface area (Å²) in [5.41, 5.74) is 18.3. The van der Waals surface area contributed by atoms with Gasteiger partial charge in [0, 0.05) is 44.3 Å². The van der Waals surface area contributed by atoms with E-state index in [9.17, 15) is 9.59 Å². The van der Waals surface area contributed by atoms with Crippen molar-refractivity contribution in [3.63, 3.8) is 0 Å². The number of nitrogens with two attached hydrogens (primary N) is 1. The highest BCUT2D eigenvalue weighted by atomic mass is 16.7. The Morgan fingerprint density at radius 3 is 2.91 bits per heavy atom. The monoisotopic (exact) mass is 453 g/mol. The molecule has 1 saturated carbocycles. The molecule has 0 aromatic carbocycles. The van der Waals surface area contributed by atoms with E-state index in [-0.39, 0.29) is 48.4 Å². The highest BCUT2D eigenvalue weighted by Gasteiger charge is 2.40. The van der Waals surface area contributed by atoms with Gasteiger partial charge in [-0.25, -0.2) is 10.4 Å². The first-order chi connectivity index (χ1) is 15.5. The average molecular weight is 454 g/mol. The second-order valence-electron chi connectivity index (χ2n) is 9.36. The van der Waals surface area contributed by atoms with Crippen molar-refractivity contribution in [1.29, 1.82) is 0 Å². The third-order valence-electron chi connectivity index (χ3n) is 7.20. The SMILES string of the molecule is CN1NCC(C2NOC(CCC(=O)NCCCNC3NNC(=O)C4CCCCC34)N2)C1N. The summed E-state index contributed by atoms with van der Waals surface area (Å²) in [5, 5.41) is 11.7. The second kappa shape index (κ2) is 11.2. The van der Waals surface area contributed by atoms with Crippen LogP contribution in [0.5, 0.6) is 0 Å². The lowest BCUT2D eigenvalue weighted by Gasteiger charge is -2.41. The van der Waals surface area contributed by atoms with E-state index >= 15 is 0 Å². The van der Waals surface area contributed by atoms with Gasteiger partial charge >= 0.3 is 0 Å². The lowest BCUT2D eigenvalue weighted by molar-refractivity contribution is -0.134. The van der Waals surface area contributed by atoms with Crippen LogP contribution < -0.4 is 43.4 Å². The van der Waals surface area contributed by atoms with Gasteiger partial charge in [-0.1, -0.05) is 12.8 Å². The van der Waals surface area contributed by atoms with Gasteiger partial charge in [-0.3, -0.25) is 30.6 Å². The smallest absolute Gasteiger partial charge is 0.237 e. The molecule has 0 spiro atoms. The Morgan fingerprint density at radius 1 is 1.25 bits per heavy atom. The van der Waals surface area contributed by atoms with Crippen LogP contribution in [0, 0.1) is 17.8 Å². The standard InChI is InChI=1S/C20H39N9O3/c1-29-17(21)14(11-24-29)19-25-16(32-28-19)8-7-15(30)22-9-4-10-23-18-12-5-2-3-6-13(12)20(31)27-26-18/h12-14,16-19,23-26,28H,2-11,21H2,1H3,(H,22,30)(H,27,31). The fraction of sp³-hybridized carbons (Fsp3) is 0.900. The first-order valence-corrected chi connectivity index (χ1v) is 12.0. The van der Waals surface area contributed by atoms with Crippen molar-refractivity contribution in [1.82, 2.24) is 42.7 Å². The predicted octanol–water partition coefficient (Wildman–Crippen LogP) is -2.24. The molecule has 0 aromatic heterocycles. The third kappa shape index (κ3) is 5.75. The molecule has 0 radical (unpaired) electrons. The van der Waals surface area contributed by atoms with Crippen LogP contribution in [-0.4, -0.2) is 68.2 Å². The van der Waals surface area contributed by atoms with Crippen molar-refractivity contribution in [2.75, 3.05) is 26.7 Å². The summed E-state index contributed by atoms with van der Waals surface area (Å²) in [6, 6.07) is 0. The molecule has 12 heteroatoms. The number of hydrogen-bond acceptors (Lipinski definition) is 10. The second-order valence-corrected chi connectivity index (χ2v) is 9.36. The number of hydrogen-bond donors (Lipinski definition) is 8. The maximum atomic E-state index is 12.2. The van der Waals surface area contributed by atoms with Crippen LogP contribution in [0.15, 0.2) is 0 Å². The molecule has 9 N–H and O–H groups in total. The van der Waals surface area contributed by atoms with E-state index in [0.29, 0.717) is 25.3 Å². The number of carbonyl (C=O) groups is 2. The molecule has 3 aliphatic heterocycles. The Morgan fingerprint density at radius 2 is 2.09 bits per heavy atom. The van der Waals surface area contributed by atoms with Crippen molar-refractivity contribution in [3.8, 4) is 0 Å². The summed E-state index contributed by atoms with van der Waals surface area (Å²) in [6.45, 7) is 2.17. The summed E-state index contributed by atoms with van der Waals surface area (Å²) in [7, 11) is 1.92. The van der Waals surface area contributed by atoms with E-state index in [1.807, 2.05) is 12.1 Å². The molecule has 3 saturated heterocycles. The summed E-state index contributed by atoms with van der Waals surface area (Å²) in [4.78, 5) is 29.8. The van der Waals surface area contributed by atoms with Crippen LogP contribution in [0.1, 0.15) is 44.9 Å². The van der Waals surface area contributed by atoms with Gasteiger partial charge in [0.05, 0.1) is 18.5 Å². The predicted molar refractivity (Wildman–Crippen MR) is 118 cm³/mol. The van der Waals surface area contributed by atoms with E-state index < -0.39 is 0 Å². The minimum atomic E-state index is -0.207. The highest BCUT2D eigenvalue weighted by molar-refractivity contribution is 5.79. The molecule has 4 fully saturated rings. The molecular weight excluding hydrogens is 414 g/mol. The summed E-state index contributed by atoms with van der Waals surface area (Å²) in [6.07, 6.45) is 5.95. The van der Waals surface area contributed by atoms with Gasteiger partial charge in [-0.15, -0.1) is 0 Å². The van der Waals surface area contributed by atoms with E-state index in [2.05, 4.69) is 37.7 Å². The largest absolute Gasteiger partial charge is 0.356 e. The lowest BCUT2D eigenvalue weighted by Crippen LogP contribution is -2.64. The van der Waals surface area contributed by atoms with Crippen LogP contribution >= 0.6 is 0 Å². The number of hydroxylamine groups is 1. The summed E-state index contributed by atoms with van der Waals surface area (Å²) >= 11 is 0. The van der Waals surface area contributed by atoms with Crippen molar-refractivity contribution < 1.29 is 14.4 Å².